The molecule has 3 aromatic rings. The third-order valence-corrected chi connectivity index (χ3v) is 6.24. The average Bonchev–Trinajstić information content (AvgIpc) is 3.08. The Kier molecular flexibility index (Phi) is 6.34. The summed E-state index contributed by atoms with van der Waals surface area (Å²) in [6.45, 7) is 4.48. The minimum Gasteiger partial charge on any atom is -0.489 e. The summed E-state index contributed by atoms with van der Waals surface area (Å²) in [6, 6.07) is 10.4. The number of benzene rings is 2. The lowest BCUT2D eigenvalue weighted by atomic mass is 10.1. The topological polar surface area (TPSA) is 38.3 Å². The second-order valence-electron chi connectivity index (χ2n) is 6.05. The molecule has 0 atom stereocenters. The lowest BCUT2D eigenvalue weighted by molar-refractivity contribution is 0.103. The molecule has 0 aliphatic rings. The van der Waals surface area contributed by atoms with Crippen LogP contribution in [0.2, 0.25) is 0 Å². The van der Waals surface area contributed by atoms with Gasteiger partial charge in [0, 0.05) is 14.5 Å². The normalized spacial score (nSPS) is 10.7. The van der Waals surface area contributed by atoms with Gasteiger partial charge in [-0.2, -0.15) is 0 Å². The van der Waals surface area contributed by atoms with Gasteiger partial charge in [-0.25, -0.2) is 4.39 Å². The monoisotopic (exact) mass is 511 g/mol. The van der Waals surface area contributed by atoms with E-state index < -0.39 is 5.82 Å². The van der Waals surface area contributed by atoms with Crippen molar-refractivity contribution in [2.24, 2.45) is 0 Å². The number of carbonyl (C=O) groups excluding carboxylic acids is 1. The molecule has 0 saturated heterocycles. The number of rotatable bonds is 5. The van der Waals surface area contributed by atoms with E-state index in [0.29, 0.717) is 26.1 Å². The molecule has 1 N–H and O–H groups in total. The molecular formula is C20H16Br2FNO2S. The summed E-state index contributed by atoms with van der Waals surface area (Å²) in [7, 11) is 0. The maximum absolute atomic E-state index is 13.4. The van der Waals surface area contributed by atoms with Crippen LogP contribution in [0.25, 0.3) is 0 Å². The van der Waals surface area contributed by atoms with Crippen LogP contribution in [0, 0.1) is 19.7 Å². The van der Waals surface area contributed by atoms with Crippen LogP contribution in [0.3, 0.4) is 0 Å². The van der Waals surface area contributed by atoms with Crippen molar-refractivity contribution in [2.45, 2.75) is 20.5 Å². The van der Waals surface area contributed by atoms with Crippen molar-refractivity contribution < 1.29 is 13.9 Å². The zero-order valence-corrected chi connectivity index (χ0v) is 18.6. The van der Waals surface area contributed by atoms with E-state index in [0.717, 1.165) is 11.3 Å². The van der Waals surface area contributed by atoms with Gasteiger partial charge < -0.3 is 10.1 Å². The van der Waals surface area contributed by atoms with Crippen molar-refractivity contribution in [3.8, 4) is 5.75 Å². The quantitative estimate of drug-likeness (QED) is 0.405. The fourth-order valence-electron chi connectivity index (χ4n) is 2.38. The Hall–Kier alpha value is -1.70. The van der Waals surface area contributed by atoms with E-state index in [2.05, 4.69) is 44.1 Å². The van der Waals surface area contributed by atoms with Crippen molar-refractivity contribution in [3.05, 3.63) is 78.1 Å². The van der Waals surface area contributed by atoms with Gasteiger partial charge in [-0.3, -0.25) is 4.79 Å². The SMILES string of the molecule is Cc1ccc(OCc2csc(C(=O)Nc3c(Br)cc(F)cc3Br)c2)cc1C. The van der Waals surface area contributed by atoms with Crippen LogP contribution in [0.15, 0.2) is 50.7 Å². The first-order chi connectivity index (χ1) is 12.8. The number of thiophene rings is 1. The van der Waals surface area contributed by atoms with Crippen LogP contribution in [-0.2, 0) is 6.61 Å². The Bertz CT molecular complexity index is 980. The van der Waals surface area contributed by atoms with Crippen LogP contribution >= 0.6 is 43.2 Å². The molecule has 0 aliphatic heterocycles. The number of amides is 1. The van der Waals surface area contributed by atoms with E-state index >= 15 is 0 Å². The van der Waals surface area contributed by atoms with Crippen molar-refractivity contribution in [1.82, 2.24) is 0 Å². The molecule has 140 valence electrons. The minimum atomic E-state index is -0.395. The van der Waals surface area contributed by atoms with Crippen LogP contribution in [-0.4, -0.2) is 5.91 Å². The lowest BCUT2D eigenvalue weighted by Gasteiger charge is -2.09. The molecule has 0 aliphatic carbocycles. The fraction of sp³-hybridized carbons (Fsp3) is 0.150. The molecular weight excluding hydrogens is 497 g/mol. The molecule has 3 nitrogen and oxygen atoms in total. The molecule has 0 radical (unpaired) electrons. The molecule has 2 aromatic carbocycles. The molecule has 0 saturated carbocycles. The van der Waals surface area contributed by atoms with E-state index in [9.17, 15) is 9.18 Å². The highest BCUT2D eigenvalue weighted by molar-refractivity contribution is 9.11. The molecule has 1 aromatic heterocycles. The highest BCUT2D eigenvalue weighted by atomic mass is 79.9. The number of ether oxygens (including phenoxy) is 1. The number of anilines is 1. The van der Waals surface area contributed by atoms with Gasteiger partial charge in [-0.1, -0.05) is 6.07 Å². The summed E-state index contributed by atoms with van der Waals surface area (Å²) in [4.78, 5) is 13.0. The standard InChI is InChI=1S/C20H16Br2FNO2S/c1-11-3-4-15(5-12(11)2)26-9-13-6-18(27-10-13)20(25)24-19-16(21)7-14(23)8-17(19)22/h3-8,10H,9H2,1-2H3,(H,24,25). The van der Waals surface area contributed by atoms with E-state index in [-0.39, 0.29) is 5.91 Å². The summed E-state index contributed by atoms with van der Waals surface area (Å²) in [5, 5.41) is 4.69. The molecule has 1 heterocycles. The smallest absolute Gasteiger partial charge is 0.265 e. The number of carbonyl (C=O) groups is 1. The number of halogens is 3. The number of nitrogens with one attached hydrogen (secondary N) is 1. The molecule has 27 heavy (non-hydrogen) atoms. The van der Waals surface area contributed by atoms with E-state index in [1.165, 1.54) is 34.6 Å². The summed E-state index contributed by atoms with van der Waals surface area (Å²) in [6.07, 6.45) is 0. The molecule has 0 unspecified atom stereocenters. The largest absolute Gasteiger partial charge is 0.489 e. The number of hydrogen-bond donors (Lipinski definition) is 1. The molecule has 3 rings (SSSR count). The van der Waals surface area contributed by atoms with Crippen molar-refractivity contribution in [2.75, 3.05) is 5.32 Å². The Morgan fingerprint density at radius 1 is 1.11 bits per heavy atom. The fourth-order valence-corrected chi connectivity index (χ4v) is 4.50. The van der Waals surface area contributed by atoms with Crippen molar-refractivity contribution in [3.63, 3.8) is 0 Å². The van der Waals surface area contributed by atoms with Crippen LogP contribution < -0.4 is 10.1 Å². The first-order valence-electron chi connectivity index (χ1n) is 8.07. The molecule has 1 amide bonds. The van der Waals surface area contributed by atoms with Crippen molar-refractivity contribution in [1.29, 1.82) is 0 Å². The second-order valence-corrected chi connectivity index (χ2v) is 8.67. The first kappa shape index (κ1) is 20.0. The van der Waals surface area contributed by atoms with Gasteiger partial charge in [-0.05, 0) is 92.5 Å². The van der Waals surface area contributed by atoms with E-state index in [1.54, 1.807) is 6.07 Å². The summed E-state index contributed by atoms with van der Waals surface area (Å²) in [5.74, 6) is 0.147. The molecule has 0 bridgehead atoms. The highest BCUT2D eigenvalue weighted by Gasteiger charge is 2.14. The maximum atomic E-state index is 13.4. The molecule has 0 fully saturated rings. The lowest BCUT2D eigenvalue weighted by Crippen LogP contribution is -2.11. The van der Waals surface area contributed by atoms with Gasteiger partial charge in [0.05, 0.1) is 10.6 Å². The van der Waals surface area contributed by atoms with Crippen LogP contribution in [0.4, 0.5) is 10.1 Å². The average molecular weight is 513 g/mol. The Morgan fingerprint density at radius 2 is 1.81 bits per heavy atom. The predicted molar refractivity (Wildman–Crippen MR) is 114 cm³/mol. The van der Waals surface area contributed by atoms with Gasteiger partial charge in [0.2, 0.25) is 0 Å². The summed E-state index contributed by atoms with van der Waals surface area (Å²) >= 11 is 7.86. The zero-order valence-electron chi connectivity index (χ0n) is 14.6. The molecule has 0 spiro atoms. The van der Waals surface area contributed by atoms with Crippen LogP contribution in [0.5, 0.6) is 5.75 Å². The second kappa shape index (κ2) is 8.54. The Balaban J connectivity index is 1.66. The number of aryl methyl sites for hydroxylation is 2. The van der Waals surface area contributed by atoms with Gasteiger partial charge in [0.1, 0.15) is 18.2 Å². The predicted octanol–water partition coefficient (Wildman–Crippen LogP) is 6.86. The van der Waals surface area contributed by atoms with E-state index in [1.807, 2.05) is 30.5 Å². The summed E-state index contributed by atoms with van der Waals surface area (Å²) < 4.78 is 20.1. The van der Waals surface area contributed by atoms with Gasteiger partial charge in [0.15, 0.2) is 0 Å². The number of hydrogen-bond acceptors (Lipinski definition) is 3. The Labute approximate surface area is 177 Å². The summed E-state index contributed by atoms with van der Waals surface area (Å²) in [5.41, 5.74) is 3.80. The zero-order chi connectivity index (χ0) is 19.6. The van der Waals surface area contributed by atoms with Crippen LogP contribution in [0.1, 0.15) is 26.4 Å². The van der Waals surface area contributed by atoms with Gasteiger partial charge >= 0.3 is 0 Å². The van der Waals surface area contributed by atoms with Gasteiger partial charge in [-0.15, -0.1) is 11.3 Å². The third-order valence-electron chi connectivity index (χ3n) is 4.01. The maximum Gasteiger partial charge on any atom is 0.265 e. The third kappa shape index (κ3) is 4.97. The first-order valence-corrected chi connectivity index (χ1v) is 10.5. The Morgan fingerprint density at radius 3 is 2.48 bits per heavy atom. The molecule has 7 heteroatoms. The van der Waals surface area contributed by atoms with Gasteiger partial charge in [0.25, 0.3) is 5.91 Å². The minimum absolute atomic E-state index is 0.259. The van der Waals surface area contributed by atoms with Crippen molar-refractivity contribution >= 4 is 54.8 Å². The van der Waals surface area contributed by atoms with E-state index in [4.69, 9.17) is 4.74 Å². The highest BCUT2D eigenvalue weighted by Crippen LogP contribution is 2.32.